The molecule has 2 heterocycles. The number of carbonyl (C=O) groups excluding carboxylic acids is 1. The van der Waals surface area contributed by atoms with E-state index in [-0.39, 0.29) is 10.7 Å². The average molecular weight is 250 g/mol. The molecule has 0 aliphatic heterocycles. The van der Waals surface area contributed by atoms with Gasteiger partial charge in [0.2, 0.25) is 0 Å². The van der Waals surface area contributed by atoms with Gasteiger partial charge in [-0.15, -0.1) is 0 Å². The predicted molar refractivity (Wildman–Crippen MR) is 64.3 cm³/mol. The Labute approximate surface area is 101 Å². The summed E-state index contributed by atoms with van der Waals surface area (Å²) in [5, 5.41) is 2.75. The molecular formula is C11H8ClN3O2. The lowest BCUT2D eigenvalue weighted by Gasteiger charge is -2.03. The van der Waals surface area contributed by atoms with Crippen molar-refractivity contribution in [2.45, 2.75) is 0 Å². The van der Waals surface area contributed by atoms with E-state index in [9.17, 15) is 9.59 Å². The molecule has 0 aromatic carbocycles. The Bertz CT molecular complexity index is 609. The first kappa shape index (κ1) is 11.3. The fourth-order valence-electron chi connectivity index (χ4n) is 1.26. The second-order valence-corrected chi connectivity index (χ2v) is 3.60. The van der Waals surface area contributed by atoms with Gasteiger partial charge >= 0.3 is 0 Å². The molecule has 0 saturated carbocycles. The lowest BCUT2D eigenvalue weighted by atomic mass is 10.2. The van der Waals surface area contributed by atoms with Crippen molar-refractivity contribution < 1.29 is 4.79 Å². The van der Waals surface area contributed by atoms with Gasteiger partial charge in [-0.2, -0.15) is 0 Å². The minimum atomic E-state index is -0.526. The van der Waals surface area contributed by atoms with Gasteiger partial charge in [0.1, 0.15) is 16.5 Å². The van der Waals surface area contributed by atoms with Gasteiger partial charge in [-0.3, -0.25) is 9.59 Å². The average Bonchev–Trinajstić information content (AvgIpc) is 2.29. The first-order valence-electron chi connectivity index (χ1n) is 4.78. The third-order valence-electron chi connectivity index (χ3n) is 2.02. The summed E-state index contributed by atoms with van der Waals surface area (Å²) < 4.78 is 0. The Balaban J connectivity index is 2.23. The molecule has 0 spiro atoms. The van der Waals surface area contributed by atoms with Crippen LogP contribution in [0.5, 0.6) is 0 Å². The van der Waals surface area contributed by atoms with Crippen LogP contribution < -0.4 is 10.9 Å². The van der Waals surface area contributed by atoms with E-state index in [1.54, 1.807) is 24.3 Å². The maximum Gasteiger partial charge on any atom is 0.262 e. The van der Waals surface area contributed by atoms with Crippen molar-refractivity contribution in [3.05, 3.63) is 57.6 Å². The number of amides is 1. The van der Waals surface area contributed by atoms with Gasteiger partial charge < -0.3 is 10.3 Å². The number of hydrogen-bond donors (Lipinski definition) is 2. The zero-order chi connectivity index (χ0) is 12.3. The Hall–Kier alpha value is -2.14. The number of nitrogens with zero attached hydrogens (tertiary/aromatic N) is 1. The molecule has 5 nitrogen and oxygen atoms in total. The SMILES string of the molecule is O=C(Nc1cccc(Cl)n1)c1ccc[nH]c1=O. The standard InChI is InChI=1S/C11H8ClN3O2/c12-8-4-1-5-9(14-8)15-11(17)7-3-2-6-13-10(7)16/h1-6H,(H,13,16)(H,14,15,17). The largest absolute Gasteiger partial charge is 0.328 e. The van der Waals surface area contributed by atoms with Crippen LogP contribution in [-0.2, 0) is 0 Å². The summed E-state index contributed by atoms with van der Waals surface area (Å²) in [5.74, 6) is -0.229. The summed E-state index contributed by atoms with van der Waals surface area (Å²) in [5.41, 5.74) is -0.429. The lowest BCUT2D eigenvalue weighted by molar-refractivity contribution is 0.102. The number of carbonyl (C=O) groups is 1. The van der Waals surface area contributed by atoms with Crippen LogP contribution >= 0.6 is 11.6 Å². The number of anilines is 1. The van der Waals surface area contributed by atoms with Crippen molar-refractivity contribution in [1.82, 2.24) is 9.97 Å². The van der Waals surface area contributed by atoms with E-state index in [2.05, 4.69) is 15.3 Å². The van der Waals surface area contributed by atoms with Gasteiger partial charge in [-0.25, -0.2) is 4.98 Å². The van der Waals surface area contributed by atoms with E-state index in [0.29, 0.717) is 5.82 Å². The van der Waals surface area contributed by atoms with Gasteiger partial charge in [-0.05, 0) is 24.3 Å². The van der Waals surface area contributed by atoms with E-state index in [0.717, 1.165) is 0 Å². The Morgan fingerprint density at radius 2 is 2.12 bits per heavy atom. The number of pyridine rings is 2. The molecule has 2 rings (SSSR count). The number of rotatable bonds is 2. The van der Waals surface area contributed by atoms with Gasteiger partial charge in [-0.1, -0.05) is 17.7 Å². The second-order valence-electron chi connectivity index (χ2n) is 3.21. The first-order valence-corrected chi connectivity index (χ1v) is 5.16. The second kappa shape index (κ2) is 4.80. The summed E-state index contributed by atoms with van der Waals surface area (Å²) >= 11 is 5.68. The van der Waals surface area contributed by atoms with E-state index in [4.69, 9.17) is 11.6 Å². The quantitative estimate of drug-likeness (QED) is 0.795. The van der Waals surface area contributed by atoms with Gasteiger partial charge in [0.15, 0.2) is 0 Å². The van der Waals surface area contributed by atoms with Crippen molar-refractivity contribution in [1.29, 1.82) is 0 Å². The molecule has 0 saturated heterocycles. The van der Waals surface area contributed by atoms with Crippen LogP contribution in [0.2, 0.25) is 5.15 Å². The van der Waals surface area contributed by atoms with Crippen LogP contribution in [-0.4, -0.2) is 15.9 Å². The fraction of sp³-hybridized carbons (Fsp3) is 0. The number of H-pyrrole nitrogens is 1. The molecule has 0 aliphatic carbocycles. The van der Waals surface area contributed by atoms with Crippen molar-refractivity contribution in [3.8, 4) is 0 Å². The zero-order valence-electron chi connectivity index (χ0n) is 8.61. The molecule has 0 fully saturated rings. The highest BCUT2D eigenvalue weighted by Gasteiger charge is 2.10. The van der Waals surface area contributed by atoms with Crippen LogP contribution in [0, 0.1) is 0 Å². The third-order valence-corrected chi connectivity index (χ3v) is 2.23. The molecule has 2 N–H and O–H groups in total. The van der Waals surface area contributed by atoms with Crippen LogP contribution in [0.3, 0.4) is 0 Å². The Morgan fingerprint density at radius 3 is 2.82 bits per heavy atom. The number of halogens is 1. The molecular weight excluding hydrogens is 242 g/mol. The van der Waals surface area contributed by atoms with Crippen LogP contribution in [0.4, 0.5) is 5.82 Å². The summed E-state index contributed by atoms with van der Waals surface area (Å²) in [4.78, 5) is 29.4. The maximum atomic E-state index is 11.7. The minimum absolute atomic E-state index is 0.0225. The lowest BCUT2D eigenvalue weighted by Crippen LogP contribution is -2.22. The molecule has 6 heteroatoms. The topological polar surface area (TPSA) is 74.8 Å². The van der Waals surface area contributed by atoms with E-state index in [1.165, 1.54) is 12.3 Å². The summed E-state index contributed by atoms with van der Waals surface area (Å²) in [7, 11) is 0. The monoisotopic (exact) mass is 249 g/mol. The molecule has 0 unspecified atom stereocenters. The maximum absolute atomic E-state index is 11.7. The van der Waals surface area contributed by atoms with Crippen molar-refractivity contribution >= 4 is 23.3 Å². The fourth-order valence-corrected chi connectivity index (χ4v) is 1.43. The summed E-state index contributed by atoms with van der Waals surface area (Å²) in [6.07, 6.45) is 1.46. The summed E-state index contributed by atoms with van der Waals surface area (Å²) in [6, 6.07) is 7.83. The predicted octanol–water partition coefficient (Wildman–Crippen LogP) is 1.68. The molecule has 2 aromatic heterocycles. The summed E-state index contributed by atoms with van der Waals surface area (Å²) in [6.45, 7) is 0. The van der Waals surface area contributed by atoms with Gasteiger partial charge in [0.25, 0.3) is 11.5 Å². The molecule has 0 bridgehead atoms. The molecule has 0 atom stereocenters. The Kier molecular flexibility index (Phi) is 3.20. The number of nitrogens with one attached hydrogen (secondary N) is 2. The highest BCUT2D eigenvalue weighted by molar-refractivity contribution is 6.29. The van der Waals surface area contributed by atoms with Crippen molar-refractivity contribution in [2.24, 2.45) is 0 Å². The zero-order valence-corrected chi connectivity index (χ0v) is 9.36. The van der Waals surface area contributed by atoms with E-state index < -0.39 is 11.5 Å². The number of aromatic nitrogens is 2. The molecule has 86 valence electrons. The Morgan fingerprint density at radius 1 is 1.29 bits per heavy atom. The molecule has 0 aliphatic rings. The van der Waals surface area contributed by atoms with E-state index >= 15 is 0 Å². The molecule has 1 amide bonds. The smallest absolute Gasteiger partial charge is 0.262 e. The van der Waals surface area contributed by atoms with E-state index in [1.807, 2.05) is 0 Å². The highest BCUT2D eigenvalue weighted by Crippen LogP contribution is 2.09. The normalized spacial score (nSPS) is 9.94. The van der Waals surface area contributed by atoms with Gasteiger partial charge in [0.05, 0.1) is 0 Å². The minimum Gasteiger partial charge on any atom is -0.328 e. The van der Waals surface area contributed by atoms with Crippen molar-refractivity contribution in [2.75, 3.05) is 5.32 Å². The first-order chi connectivity index (χ1) is 8.16. The number of aromatic amines is 1. The molecule has 17 heavy (non-hydrogen) atoms. The third kappa shape index (κ3) is 2.70. The molecule has 2 aromatic rings. The van der Waals surface area contributed by atoms with Crippen LogP contribution in [0.25, 0.3) is 0 Å². The van der Waals surface area contributed by atoms with Crippen LogP contribution in [0.1, 0.15) is 10.4 Å². The van der Waals surface area contributed by atoms with Crippen LogP contribution in [0.15, 0.2) is 41.3 Å². The molecule has 0 radical (unpaired) electrons. The van der Waals surface area contributed by atoms with Crippen molar-refractivity contribution in [3.63, 3.8) is 0 Å². The number of hydrogen-bond acceptors (Lipinski definition) is 3. The highest BCUT2D eigenvalue weighted by atomic mass is 35.5. The van der Waals surface area contributed by atoms with Gasteiger partial charge in [0, 0.05) is 6.20 Å².